The van der Waals surface area contributed by atoms with Crippen LogP contribution in [0.3, 0.4) is 0 Å². The summed E-state index contributed by atoms with van der Waals surface area (Å²) in [5.74, 6) is 0.497. The average molecular weight is 305 g/mol. The summed E-state index contributed by atoms with van der Waals surface area (Å²) in [5, 5.41) is 3.94. The van der Waals surface area contributed by atoms with Crippen LogP contribution in [0.4, 0.5) is 5.69 Å². The maximum Gasteiger partial charge on any atom is 0.248 e. The van der Waals surface area contributed by atoms with E-state index in [9.17, 15) is 4.79 Å². The van der Waals surface area contributed by atoms with E-state index in [1.807, 2.05) is 57.2 Å². The van der Waals surface area contributed by atoms with E-state index in [1.54, 1.807) is 6.08 Å². The van der Waals surface area contributed by atoms with Gasteiger partial charge < -0.3 is 9.73 Å². The summed E-state index contributed by atoms with van der Waals surface area (Å²) in [5.41, 5.74) is 4.99. The van der Waals surface area contributed by atoms with E-state index in [1.165, 1.54) is 11.6 Å². The van der Waals surface area contributed by atoms with Gasteiger partial charge in [-0.05, 0) is 62.2 Å². The molecule has 0 unspecified atom stereocenters. The topological polar surface area (TPSA) is 42.2 Å². The Kier molecular flexibility index (Phi) is 4.02. The van der Waals surface area contributed by atoms with E-state index >= 15 is 0 Å². The molecule has 0 saturated heterocycles. The number of rotatable bonds is 3. The molecule has 3 rings (SSSR count). The van der Waals surface area contributed by atoms with Crippen molar-refractivity contribution in [2.75, 3.05) is 5.32 Å². The Balaban J connectivity index is 1.75. The van der Waals surface area contributed by atoms with E-state index in [0.717, 1.165) is 27.8 Å². The largest absolute Gasteiger partial charge is 0.457 e. The predicted molar refractivity (Wildman–Crippen MR) is 94.5 cm³/mol. The van der Waals surface area contributed by atoms with Crippen LogP contribution in [0.1, 0.15) is 22.5 Å². The van der Waals surface area contributed by atoms with Gasteiger partial charge in [0.1, 0.15) is 11.3 Å². The van der Waals surface area contributed by atoms with E-state index < -0.39 is 0 Å². The quantitative estimate of drug-likeness (QED) is 0.691. The second-order valence-corrected chi connectivity index (χ2v) is 5.83. The molecular weight excluding hydrogens is 286 g/mol. The number of nitrogens with one attached hydrogen (secondary N) is 1. The SMILES string of the molecule is Cc1ccc(C)c(NC(=O)C=Cc2cc3cc(C)ccc3o2)c1. The minimum Gasteiger partial charge on any atom is -0.457 e. The van der Waals surface area contributed by atoms with Crippen LogP contribution in [-0.4, -0.2) is 5.91 Å². The van der Waals surface area contributed by atoms with Crippen molar-refractivity contribution in [3.05, 3.63) is 71.0 Å². The second kappa shape index (κ2) is 6.13. The van der Waals surface area contributed by atoms with Crippen LogP contribution in [0.2, 0.25) is 0 Å². The van der Waals surface area contributed by atoms with Gasteiger partial charge in [-0.25, -0.2) is 0 Å². The van der Waals surface area contributed by atoms with Crippen LogP contribution in [-0.2, 0) is 4.79 Å². The number of hydrogen-bond donors (Lipinski definition) is 1. The molecule has 3 heteroatoms. The van der Waals surface area contributed by atoms with Gasteiger partial charge in [0.05, 0.1) is 0 Å². The first-order chi connectivity index (χ1) is 11.0. The normalized spacial score (nSPS) is 11.3. The minimum atomic E-state index is -0.171. The number of amides is 1. The lowest BCUT2D eigenvalue weighted by Gasteiger charge is -2.07. The number of carbonyl (C=O) groups excluding carboxylic acids is 1. The number of hydrogen-bond acceptors (Lipinski definition) is 2. The number of furan rings is 1. The molecule has 0 bridgehead atoms. The molecule has 0 aliphatic carbocycles. The van der Waals surface area contributed by atoms with Crippen molar-refractivity contribution in [2.24, 2.45) is 0 Å². The molecule has 1 heterocycles. The molecule has 0 saturated carbocycles. The van der Waals surface area contributed by atoms with Crippen LogP contribution in [0.5, 0.6) is 0 Å². The van der Waals surface area contributed by atoms with Gasteiger partial charge in [0.15, 0.2) is 0 Å². The molecule has 23 heavy (non-hydrogen) atoms. The molecule has 3 nitrogen and oxygen atoms in total. The van der Waals surface area contributed by atoms with Gasteiger partial charge in [-0.2, -0.15) is 0 Å². The Bertz CT molecular complexity index is 903. The van der Waals surface area contributed by atoms with Gasteiger partial charge in [-0.3, -0.25) is 4.79 Å². The lowest BCUT2D eigenvalue weighted by Crippen LogP contribution is -2.09. The standard InChI is InChI=1S/C20H19NO2/c1-13-5-8-19-16(10-13)12-17(23-19)7-9-20(22)21-18-11-14(2)4-6-15(18)3/h4-12H,1-3H3,(H,21,22). The number of fused-ring (bicyclic) bond motifs is 1. The Morgan fingerprint density at radius 3 is 2.57 bits per heavy atom. The second-order valence-electron chi connectivity index (χ2n) is 5.83. The highest BCUT2D eigenvalue weighted by atomic mass is 16.3. The smallest absolute Gasteiger partial charge is 0.248 e. The highest BCUT2D eigenvalue weighted by Crippen LogP contribution is 2.21. The Labute approximate surface area is 135 Å². The Morgan fingerprint density at radius 1 is 1.00 bits per heavy atom. The molecular formula is C20H19NO2. The molecule has 1 N–H and O–H groups in total. The number of anilines is 1. The first-order valence-electron chi connectivity index (χ1n) is 7.58. The Morgan fingerprint density at radius 2 is 1.74 bits per heavy atom. The number of aryl methyl sites for hydroxylation is 3. The summed E-state index contributed by atoms with van der Waals surface area (Å²) < 4.78 is 5.70. The van der Waals surface area contributed by atoms with Crippen molar-refractivity contribution >= 4 is 28.6 Å². The Hall–Kier alpha value is -2.81. The minimum absolute atomic E-state index is 0.171. The fourth-order valence-corrected chi connectivity index (χ4v) is 2.47. The summed E-state index contributed by atoms with van der Waals surface area (Å²) in [6.45, 7) is 6.02. The lowest BCUT2D eigenvalue weighted by atomic mass is 10.1. The highest BCUT2D eigenvalue weighted by molar-refractivity contribution is 6.02. The third-order valence-corrected chi connectivity index (χ3v) is 3.74. The zero-order valence-corrected chi connectivity index (χ0v) is 13.5. The summed E-state index contributed by atoms with van der Waals surface area (Å²) in [4.78, 5) is 12.1. The van der Waals surface area contributed by atoms with Crippen LogP contribution in [0.15, 0.2) is 53.0 Å². The third-order valence-electron chi connectivity index (χ3n) is 3.74. The highest BCUT2D eigenvalue weighted by Gasteiger charge is 2.04. The fourth-order valence-electron chi connectivity index (χ4n) is 2.47. The van der Waals surface area contributed by atoms with E-state index in [4.69, 9.17) is 4.42 Å². The molecule has 0 atom stereocenters. The van der Waals surface area contributed by atoms with Gasteiger partial charge in [0.25, 0.3) is 0 Å². The molecule has 0 spiro atoms. The van der Waals surface area contributed by atoms with Crippen molar-refractivity contribution in [3.8, 4) is 0 Å². The first-order valence-corrected chi connectivity index (χ1v) is 7.58. The van der Waals surface area contributed by atoms with Gasteiger partial charge in [-0.1, -0.05) is 23.8 Å². The molecule has 0 aliphatic rings. The van der Waals surface area contributed by atoms with Gasteiger partial charge in [-0.15, -0.1) is 0 Å². The van der Waals surface area contributed by atoms with Crippen LogP contribution in [0.25, 0.3) is 17.0 Å². The zero-order chi connectivity index (χ0) is 16.4. The third kappa shape index (κ3) is 3.51. The number of carbonyl (C=O) groups is 1. The molecule has 1 amide bonds. The summed E-state index contributed by atoms with van der Waals surface area (Å²) in [6, 6.07) is 13.9. The first kappa shape index (κ1) is 15.1. The molecule has 116 valence electrons. The van der Waals surface area contributed by atoms with Crippen LogP contribution < -0.4 is 5.32 Å². The molecule has 0 radical (unpaired) electrons. The maximum atomic E-state index is 12.1. The van der Waals surface area contributed by atoms with Crippen molar-refractivity contribution in [2.45, 2.75) is 20.8 Å². The molecule has 0 aliphatic heterocycles. The van der Waals surface area contributed by atoms with Crippen LogP contribution >= 0.6 is 0 Å². The summed E-state index contributed by atoms with van der Waals surface area (Å²) in [6.07, 6.45) is 3.18. The molecule has 3 aromatic rings. The summed E-state index contributed by atoms with van der Waals surface area (Å²) in [7, 11) is 0. The molecule has 1 aromatic heterocycles. The van der Waals surface area contributed by atoms with Crippen molar-refractivity contribution in [1.29, 1.82) is 0 Å². The summed E-state index contributed by atoms with van der Waals surface area (Å²) >= 11 is 0. The van der Waals surface area contributed by atoms with E-state index in [-0.39, 0.29) is 5.91 Å². The van der Waals surface area contributed by atoms with Gasteiger partial charge >= 0.3 is 0 Å². The fraction of sp³-hybridized carbons (Fsp3) is 0.150. The van der Waals surface area contributed by atoms with Crippen molar-refractivity contribution < 1.29 is 9.21 Å². The van der Waals surface area contributed by atoms with Gasteiger partial charge in [0.2, 0.25) is 5.91 Å². The zero-order valence-electron chi connectivity index (χ0n) is 13.5. The maximum absolute atomic E-state index is 12.1. The average Bonchev–Trinajstić information content (AvgIpc) is 2.91. The predicted octanol–water partition coefficient (Wildman–Crippen LogP) is 5.01. The van der Waals surface area contributed by atoms with Crippen molar-refractivity contribution in [1.82, 2.24) is 0 Å². The van der Waals surface area contributed by atoms with Crippen LogP contribution in [0, 0.1) is 20.8 Å². The van der Waals surface area contributed by atoms with Crippen molar-refractivity contribution in [3.63, 3.8) is 0 Å². The molecule has 2 aromatic carbocycles. The van der Waals surface area contributed by atoms with Gasteiger partial charge in [0, 0.05) is 17.1 Å². The monoisotopic (exact) mass is 305 g/mol. The van der Waals surface area contributed by atoms with E-state index in [0.29, 0.717) is 5.76 Å². The molecule has 0 fully saturated rings. The number of benzene rings is 2. The van der Waals surface area contributed by atoms with E-state index in [2.05, 4.69) is 11.4 Å². The lowest BCUT2D eigenvalue weighted by molar-refractivity contribution is -0.111.